The molecule has 4 aromatic rings. The van der Waals surface area contributed by atoms with Gasteiger partial charge in [-0.2, -0.15) is 0 Å². The van der Waals surface area contributed by atoms with Crippen LogP contribution in [0.1, 0.15) is 63.7 Å². The van der Waals surface area contributed by atoms with Crippen LogP contribution >= 0.6 is 0 Å². The van der Waals surface area contributed by atoms with E-state index in [4.69, 9.17) is 18.9 Å². The third-order valence-electron chi connectivity index (χ3n) is 6.77. The van der Waals surface area contributed by atoms with Crippen LogP contribution in [0.25, 0.3) is 0 Å². The van der Waals surface area contributed by atoms with Gasteiger partial charge in [-0.1, -0.05) is 24.3 Å². The zero-order valence-corrected chi connectivity index (χ0v) is 22.8. The molecule has 0 spiro atoms. The lowest BCUT2D eigenvalue weighted by molar-refractivity contribution is 0.0656. The zero-order valence-electron chi connectivity index (χ0n) is 22.8. The molecule has 224 valence electrons. The minimum absolute atomic E-state index is 0.0168. The molecule has 0 saturated heterocycles. The van der Waals surface area contributed by atoms with Crippen LogP contribution in [0.4, 0.5) is 0 Å². The predicted octanol–water partition coefficient (Wildman–Crippen LogP) is 4.81. The van der Waals surface area contributed by atoms with Crippen LogP contribution in [0.15, 0.2) is 72.8 Å². The Morgan fingerprint density at radius 2 is 0.636 bits per heavy atom. The first-order valence-corrected chi connectivity index (χ1v) is 13.0. The minimum atomic E-state index is -1.27. The number of rotatable bonds is 4. The number of hydrogen-bond acceptors (Lipinski definition) is 8. The van der Waals surface area contributed by atoms with Gasteiger partial charge in [-0.15, -0.1) is 0 Å². The summed E-state index contributed by atoms with van der Waals surface area (Å²) in [5.41, 5.74) is 1.51. The van der Waals surface area contributed by atoms with E-state index >= 15 is 0 Å². The van der Waals surface area contributed by atoms with Gasteiger partial charge in [0.05, 0.1) is 0 Å². The molecule has 0 fully saturated rings. The average molecular weight is 601 g/mol. The molecule has 0 radical (unpaired) electrons. The van der Waals surface area contributed by atoms with Crippen molar-refractivity contribution in [3.8, 4) is 23.0 Å². The second kappa shape index (κ2) is 12.4. The summed E-state index contributed by atoms with van der Waals surface area (Å²) in [5.74, 6) is -5.15. The van der Waals surface area contributed by atoms with Gasteiger partial charge in [0.15, 0.2) is 0 Å². The van der Waals surface area contributed by atoms with Crippen LogP contribution in [0.3, 0.4) is 0 Å². The summed E-state index contributed by atoms with van der Waals surface area (Å²) in [6.45, 7) is -0.988. The van der Waals surface area contributed by atoms with Crippen molar-refractivity contribution >= 4 is 23.9 Å². The summed E-state index contributed by atoms with van der Waals surface area (Å²) in [5, 5.41) is 39.1. The molecule has 44 heavy (non-hydrogen) atoms. The van der Waals surface area contributed by atoms with Crippen LogP contribution in [0.2, 0.25) is 0 Å². The van der Waals surface area contributed by atoms with E-state index in [2.05, 4.69) is 0 Å². The molecule has 4 N–H and O–H groups in total. The molecule has 0 saturated carbocycles. The Hall–Kier alpha value is -6.04. The second-order valence-electron chi connectivity index (χ2n) is 9.71. The average Bonchev–Trinajstić information content (AvgIpc) is 2.98. The molecule has 10 aliphatic rings. The van der Waals surface area contributed by atoms with E-state index in [1.165, 1.54) is 48.5 Å². The highest BCUT2D eigenvalue weighted by Gasteiger charge is 2.19. The standard InChI is InChI=1S/C32H24O12/c33-29(34)21-11-17-1-5-25(21)41-15-42-27-7-3-19(13-23(27)31(37)38)10-20-4-8-28(24(14-20)32(39)40)44-16-43-26-6-2-18(9-17)12-22(26)30(35)36/h1-8,11-14H,9-10,15-16H2,(H,33,34)(H,35,36)(H,37,38)(H,39,40). The molecule has 14 rings (SSSR count). The maximum atomic E-state index is 12.0. The van der Waals surface area contributed by atoms with Crippen LogP contribution in [-0.2, 0) is 12.8 Å². The third kappa shape index (κ3) is 6.54. The van der Waals surface area contributed by atoms with E-state index in [0.29, 0.717) is 22.3 Å². The van der Waals surface area contributed by atoms with Crippen LogP contribution < -0.4 is 18.9 Å². The normalized spacial score (nSPS) is 12.7. The van der Waals surface area contributed by atoms with E-state index < -0.39 is 37.5 Å². The smallest absolute Gasteiger partial charge is 0.339 e. The Morgan fingerprint density at radius 1 is 0.409 bits per heavy atom. The van der Waals surface area contributed by atoms with Crippen molar-refractivity contribution in [1.29, 1.82) is 0 Å². The van der Waals surface area contributed by atoms with Gasteiger partial charge in [0, 0.05) is 0 Å². The van der Waals surface area contributed by atoms with Gasteiger partial charge in [-0.25, -0.2) is 19.2 Å². The lowest BCUT2D eigenvalue weighted by Gasteiger charge is -2.15. The Balaban J connectivity index is 1.54. The van der Waals surface area contributed by atoms with Gasteiger partial charge < -0.3 is 39.4 Å². The molecule has 10 aliphatic heterocycles. The van der Waals surface area contributed by atoms with E-state index in [-0.39, 0.29) is 58.1 Å². The van der Waals surface area contributed by atoms with E-state index in [0.717, 1.165) is 0 Å². The topological polar surface area (TPSA) is 186 Å². The van der Waals surface area contributed by atoms with Crippen LogP contribution in [-0.4, -0.2) is 57.9 Å². The van der Waals surface area contributed by atoms with Gasteiger partial charge in [0.2, 0.25) is 13.6 Å². The molecule has 4 aromatic carbocycles. The Kier molecular flexibility index (Phi) is 8.33. The molecular formula is C32H24O12. The quantitative estimate of drug-likeness (QED) is 0.251. The number of ether oxygens (including phenoxy) is 4. The molecule has 0 unspecified atom stereocenters. The van der Waals surface area contributed by atoms with Gasteiger partial charge in [-0.05, 0) is 83.6 Å². The molecule has 0 atom stereocenters. The van der Waals surface area contributed by atoms with Crippen molar-refractivity contribution in [3.63, 3.8) is 0 Å². The van der Waals surface area contributed by atoms with Gasteiger partial charge in [0.25, 0.3) is 0 Å². The van der Waals surface area contributed by atoms with Crippen LogP contribution in [0.5, 0.6) is 23.0 Å². The Labute approximate surface area is 249 Å². The Bertz CT molecular complexity index is 1530. The predicted molar refractivity (Wildman–Crippen MR) is 151 cm³/mol. The van der Waals surface area contributed by atoms with E-state index in [1.54, 1.807) is 24.3 Å². The first-order valence-electron chi connectivity index (χ1n) is 13.0. The van der Waals surface area contributed by atoms with E-state index in [9.17, 15) is 39.6 Å². The first kappa shape index (κ1) is 29.5. The highest BCUT2D eigenvalue weighted by Crippen LogP contribution is 2.28. The second-order valence-corrected chi connectivity index (χ2v) is 9.71. The fraction of sp³-hybridized carbons (Fsp3) is 0.125. The van der Waals surface area contributed by atoms with Crippen molar-refractivity contribution in [2.45, 2.75) is 12.8 Å². The molecule has 12 heteroatoms. The summed E-state index contributed by atoms with van der Waals surface area (Å²) in [6, 6.07) is 17.7. The lowest BCUT2D eigenvalue weighted by atomic mass is 10.00. The monoisotopic (exact) mass is 600 g/mol. The van der Waals surface area contributed by atoms with Crippen molar-refractivity contribution in [2.24, 2.45) is 0 Å². The largest absolute Gasteiger partial charge is 0.478 e. The number of hydrogen-bond donors (Lipinski definition) is 4. The Morgan fingerprint density at radius 3 is 0.841 bits per heavy atom. The number of carboxylic acid groups (broad SMARTS) is 4. The van der Waals surface area contributed by atoms with E-state index in [1.807, 2.05) is 0 Å². The number of aromatic carboxylic acids is 4. The highest BCUT2D eigenvalue weighted by molar-refractivity contribution is 5.93. The van der Waals surface area contributed by atoms with Crippen molar-refractivity contribution in [2.75, 3.05) is 13.6 Å². The molecule has 0 aliphatic carbocycles. The van der Waals surface area contributed by atoms with Gasteiger partial charge in [0.1, 0.15) is 45.3 Å². The number of carbonyl (C=O) groups is 4. The SMILES string of the molecule is O=C(O)c1cc2ccc1OCOc1ccc(cc1C(=O)O)Cc1ccc(c(C(=O)O)c1)OCOc1ccc(cc1C(=O)O)C2. The summed E-state index contributed by atoms with van der Waals surface area (Å²) < 4.78 is 22.2. The molecular weight excluding hydrogens is 576 g/mol. The molecule has 0 amide bonds. The highest BCUT2D eigenvalue weighted by atomic mass is 16.7. The summed E-state index contributed by atoms with van der Waals surface area (Å²) in [7, 11) is 0. The molecule has 12 nitrogen and oxygen atoms in total. The van der Waals surface area contributed by atoms with Crippen molar-refractivity contribution in [3.05, 3.63) is 117 Å². The van der Waals surface area contributed by atoms with Crippen LogP contribution in [0, 0.1) is 0 Å². The molecule has 10 heterocycles. The fourth-order valence-electron chi connectivity index (χ4n) is 4.70. The number of benzene rings is 4. The lowest BCUT2D eigenvalue weighted by Crippen LogP contribution is -2.13. The summed E-state index contributed by atoms with van der Waals surface area (Å²) >= 11 is 0. The molecule has 8 bridgehead atoms. The number of carboxylic acids is 4. The maximum Gasteiger partial charge on any atom is 0.339 e. The fourth-order valence-corrected chi connectivity index (χ4v) is 4.70. The molecule has 0 aromatic heterocycles. The van der Waals surface area contributed by atoms with Gasteiger partial charge in [-0.3, -0.25) is 0 Å². The third-order valence-corrected chi connectivity index (χ3v) is 6.77. The minimum Gasteiger partial charge on any atom is -0.478 e. The first-order chi connectivity index (χ1) is 21.1. The maximum absolute atomic E-state index is 12.0. The summed E-state index contributed by atoms with van der Waals surface area (Å²) in [4.78, 5) is 47.9. The van der Waals surface area contributed by atoms with Crippen molar-refractivity contribution in [1.82, 2.24) is 0 Å². The zero-order chi connectivity index (χ0) is 31.4. The van der Waals surface area contributed by atoms with Crippen molar-refractivity contribution < 1.29 is 58.6 Å². The summed E-state index contributed by atoms with van der Waals surface area (Å²) in [6.07, 6.45) is 0.355. The van der Waals surface area contributed by atoms with Gasteiger partial charge >= 0.3 is 23.9 Å².